The zero-order valence-corrected chi connectivity index (χ0v) is 13.0. The first-order valence-corrected chi connectivity index (χ1v) is 7.86. The number of hydrogen-bond donors (Lipinski definition) is 1. The van der Waals surface area contributed by atoms with E-state index in [1.807, 2.05) is 18.3 Å². The number of H-pyrrole nitrogens is 1. The van der Waals surface area contributed by atoms with E-state index < -0.39 is 0 Å². The molecule has 0 saturated carbocycles. The molecule has 1 aliphatic heterocycles. The van der Waals surface area contributed by atoms with E-state index in [9.17, 15) is 4.39 Å². The zero-order chi connectivity index (χ0) is 15.4. The molecule has 5 heteroatoms. The Labute approximate surface area is 131 Å². The van der Waals surface area contributed by atoms with Crippen LogP contribution in [0.2, 0.25) is 0 Å². The molecule has 1 fully saturated rings. The Hall–Kier alpha value is -1.72. The van der Waals surface area contributed by atoms with E-state index in [0.717, 1.165) is 37.4 Å². The van der Waals surface area contributed by atoms with Crippen molar-refractivity contribution in [2.24, 2.45) is 0 Å². The van der Waals surface area contributed by atoms with Crippen LogP contribution in [0.25, 0.3) is 0 Å². The smallest absolute Gasteiger partial charge is 0.127 e. The van der Waals surface area contributed by atoms with E-state index in [4.69, 9.17) is 0 Å². The van der Waals surface area contributed by atoms with Gasteiger partial charge in [-0.15, -0.1) is 0 Å². The van der Waals surface area contributed by atoms with Gasteiger partial charge in [0.05, 0.1) is 6.54 Å². The quantitative estimate of drug-likeness (QED) is 0.922. The second kappa shape index (κ2) is 7.03. The summed E-state index contributed by atoms with van der Waals surface area (Å²) < 4.78 is 13.8. The first-order valence-electron chi connectivity index (χ1n) is 7.86. The topological polar surface area (TPSA) is 35.2 Å². The number of aromatic amines is 1. The second-order valence-electron chi connectivity index (χ2n) is 6.07. The molecule has 22 heavy (non-hydrogen) atoms. The molecule has 118 valence electrons. The Kier molecular flexibility index (Phi) is 4.85. The first kappa shape index (κ1) is 15.2. The van der Waals surface area contributed by atoms with Gasteiger partial charge in [0.25, 0.3) is 0 Å². The Balaban J connectivity index is 1.58. The summed E-state index contributed by atoms with van der Waals surface area (Å²) in [5.41, 5.74) is 0.789. The molecule has 2 aromatic rings. The number of nitrogens with zero attached hydrogens (tertiary/aromatic N) is 3. The summed E-state index contributed by atoms with van der Waals surface area (Å²) in [6, 6.07) is 7.56. The van der Waals surface area contributed by atoms with Crippen LogP contribution in [-0.4, -0.2) is 45.9 Å². The van der Waals surface area contributed by atoms with Gasteiger partial charge in [0.2, 0.25) is 0 Å². The highest BCUT2D eigenvalue weighted by molar-refractivity contribution is 5.17. The van der Waals surface area contributed by atoms with Gasteiger partial charge in [-0.25, -0.2) is 9.37 Å². The molecule has 3 rings (SSSR count). The van der Waals surface area contributed by atoms with Crippen molar-refractivity contribution >= 4 is 0 Å². The van der Waals surface area contributed by atoms with Crippen molar-refractivity contribution < 1.29 is 4.39 Å². The normalized spacial score (nSPS) is 19.7. The fourth-order valence-corrected chi connectivity index (χ4v) is 3.15. The maximum absolute atomic E-state index is 13.8. The van der Waals surface area contributed by atoms with Crippen molar-refractivity contribution in [1.29, 1.82) is 0 Å². The van der Waals surface area contributed by atoms with E-state index in [1.54, 1.807) is 18.3 Å². The molecule has 0 aliphatic carbocycles. The Morgan fingerprint density at radius 2 is 2.27 bits per heavy atom. The van der Waals surface area contributed by atoms with Crippen molar-refractivity contribution in [3.8, 4) is 0 Å². The van der Waals surface area contributed by atoms with Gasteiger partial charge in [-0.2, -0.15) is 0 Å². The van der Waals surface area contributed by atoms with Gasteiger partial charge in [0.1, 0.15) is 11.6 Å². The van der Waals surface area contributed by atoms with Crippen LogP contribution in [0, 0.1) is 5.82 Å². The summed E-state index contributed by atoms with van der Waals surface area (Å²) in [5, 5.41) is 0. The molecule has 1 aromatic heterocycles. The highest BCUT2D eigenvalue weighted by atomic mass is 19.1. The summed E-state index contributed by atoms with van der Waals surface area (Å²) in [7, 11) is 2.14. The first-order chi connectivity index (χ1) is 10.7. The van der Waals surface area contributed by atoms with Gasteiger partial charge in [-0.05, 0) is 32.5 Å². The van der Waals surface area contributed by atoms with E-state index in [0.29, 0.717) is 12.6 Å². The lowest BCUT2D eigenvalue weighted by atomic mass is 10.0. The molecular weight excluding hydrogens is 279 g/mol. The third-order valence-electron chi connectivity index (χ3n) is 4.41. The predicted octanol–water partition coefficient (Wildman–Crippen LogP) is 2.65. The fraction of sp³-hybridized carbons (Fsp3) is 0.471. The molecule has 1 atom stereocenters. The van der Waals surface area contributed by atoms with Crippen LogP contribution in [0.5, 0.6) is 0 Å². The number of nitrogens with one attached hydrogen (secondary N) is 1. The van der Waals surface area contributed by atoms with Crippen LogP contribution in [0.3, 0.4) is 0 Å². The van der Waals surface area contributed by atoms with E-state index in [1.165, 1.54) is 6.42 Å². The van der Waals surface area contributed by atoms with Crippen molar-refractivity contribution in [3.63, 3.8) is 0 Å². The van der Waals surface area contributed by atoms with Crippen molar-refractivity contribution in [3.05, 3.63) is 53.9 Å². The Bertz CT molecular complexity index is 584. The highest BCUT2D eigenvalue weighted by Crippen LogP contribution is 2.19. The maximum atomic E-state index is 13.8. The molecule has 1 N–H and O–H groups in total. The van der Waals surface area contributed by atoms with Gasteiger partial charge >= 0.3 is 0 Å². The molecule has 1 aliphatic rings. The number of rotatable bonds is 5. The number of benzene rings is 1. The molecule has 1 saturated heterocycles. The lowest BCUT2D eigenvalue weighted by molar-refractivity contribution is 0.105. The molecule has 0 unspecified atom stereocenters. The molecule has 2 heterocycles. The average molecular weight is 302 g/mol. The van der Waals surface area contributed by atoms with Crippen LogP contribution >= 0.6 is 0 Å². The minimum atomic E-state index is -0.103. The minimum absolute atomic E-state index is 0.103. The average Bonchev–Trinajstić information content (AvgIpc) is 3.03. The van der Waals surface area contributed by atoms with Crippen molar-refractivity contribution in [2.75, 3.05) is 20.1 Å². The molecule has 0 spiro atoms. The zero-order valence-electron chi connectivity index (χ0n) is 13.0. The lowest BCUT2D eigenvalue weighted by Gasteiger charge is -2.37. The van der Waals surface area contributed by atoms with Gasteiger partial charge < -0.3 is 4.98 Å². The van der Waals surface area contributed by atoms with Crippen LogP contribution in [0.1, 0.15) is 24.2 Å². The van der Waals surface area contributed by atoms with E-state index >= 15 is 0 Å². The number of aromatic nitrogens is 2. The summed E-state index contributed by atoms with van der Waals surface area (Å²) in [4.78, 5) is 12.1. The minimum Gasteiger partial charge on any atom is -0.348 e. The number of likely N-dealkylation sites (N-methyl/N-ethyl adjacent to an activating group) is 1. The third-order valence-corrected chi connectivity index (χ3v) is 4.41. The van der Waals surface area contributed by atoms with Crippen LogP contribution < -0.4 is 0 Å². The number of hydrogen-bond acceptors (Lipinski definition) is 3. The molecule has 1 aromatic carbocycles. The van der Waals surface area contributed by atoms with Gasteiger partial charge in [-0.1, -0.05) is 18.2 Å². The van der Waals surface area contributed by atoms with Crippen LogP contribution in [0.15, 0.2) is 36.7 Å². The number of imidazole rings is 1. The van der Waals surface area contributed by atoms with Crippen molar-refractivity contribution in [1.82, 2.24) is 19.8 Å². The summed E-state index contributed by atoms with van der Waals surface area (Å²) in [6.45, 7) is 3.54. The molecular formula is C17H23FN4. The summed E-state index contributed by atoms with van der Waals surface area (Å²) in [5.74, 6) is 0.891. The Morgan fingerprint density at radius 1 is 1.41 bits per heavy atom. The van der Waals surface area contributed by atoms with Gasteiger partial charge in [0, 0.05) is 37.1 Å². The standard InChI is InChI=1S/C17H23FN4/c1-21(13-17-19-8-9-20-17)15-6-4-10-22(12-15)11-14-5-2-3-7-16(14)18/h2-3,5,7-9,15H,4,6,10-13H2,1H3,(H,19,20)/t15-/m0/s1. The summed E-state index contributed by atoms with van der Waals surface area (Å²) >= 11 is 0. The van der Waals surface area contributed by atoms with Crippen molar-refractivity contribution in [2.45, 2.75) is 32.0 Å². The number of likely N-dealkylation sites (tertiary alicyclic amines) is 1. The van der Waals surface area contributed by atoms with E-state index in [2.05, 4.69) is 26.8 Å². The van der Waals surface area contributed by atoms with Gasteiger partial charge in [-0.3, -0.25) is 9.80 Å². The molecule has 0 bridgehead atoms. The maximum Gasteiger partial charge on any atom is 0.127 e. The monoisotopic (exact) mass is 302 g/mol. The largest absolute Gasteiger partial charge is 0.348 e. The summed E-state index contributed by atoms with van der Waals surface area (Å²) in [6.07, 6.45) is 5.98. The van der Waals surface area contributed by atoms with E-state index in [-0.39, 0.29) is 5.82 Å². The number of piperidine rings is 1. The third kappa shape index (κ3) is 3.72. The SMILES string of the molecule is CN(Cc1ncc[nH]1)[C@H]1CCCN(Cc2ccccc2F)C1. The van der Waals surface area contributed by atoms with Gasteiger partial charge in [0.15, 0.2) is 0 Å². The number of halogens is 1. The lowest BCUT2D eigenvalue weighted by Crippen LogP contribution is -2.46. The second-order valence-corrected chi connectivity index (χ2v) is 6.07. The Morgan fingerprint density at radius 3 is 3.05 bits per heavy atom. The highest BCUT2D eigenvalue weighted by Gasteiger charge is 2.24. The predicted molar refractivity (Wildman–Crippen MR) is 84.8 cm³/mol. The molecule has 0 radical (unpaired) electrons. The van der Waals surface area contributed by atoms with Crippen LogP contribution in [0.4, 0.5) is 4.39 Å². The molecule has 4 nitrogen and oxygen atoms in total. The fourth-order valence-electron chi connectivity index (χ4n) is 3.15. The van der Waals surface area contributed by atoms with Crippen LogP contribution in [-0.2, 0) is 13.1 Å². The molecule has 0 amide bonds.